The second kappa shape index (κ2) is 22.9. The number of carbonyl (C=O) groups excluding carboxylic acids is 1. The van der Waals surface area contributed by atoms with E-state index in [1.54, 1.807) is 30.3 Å². The fourth-order valence-electron chi connectivity index (χ4n) is 5.33. The predicted octanol–water partition coefficient (Wildman–Crippen LogP) is 6.51. The molecule has 14 nitrogen and oxygen atoms in total. The Bertz CT molecular complexity index is 1800. The number of imidazole rings is 1. The smallest absolute Gasteiger partial charge is 0.413 e. The summed E-state index contributed by atoms with van der Waals surface area (Å²) in [5.41, 5.74) is 6.28. The van der Waals surface area contributed by atoms with E-state index in [0.717, 1.165) is 38.5 Å². The summed E-state index contributed by atoms with van der Waals surface area (Å²) in [6.07, 6.45) is 24.0. The standard InChI is InChI=1S/C38H51ClN7O7P/c1-2-3-4-5-6-7-8-9-10-11-12-13-14-15-16-17-21-24-31(47)41-25-26-44-54(50,53-29-22-19-18-20-23-29)51-27-30-33(48)34(49)37(52-30)46-36-32(45-38(46)39)35(40)42-28-43-36/h3-4,6-7,9-10,12-13,15-16,18-20,22-23,28,30,33-34,37,48-49H,2,5,8,11,14,17,21,24-27H2,1H3,(H,41,47)(H,44,50)(H2,40,42,43). The van der Waals surface area contributed by atoms with Gasteiger partial charge in [-0.1, -0.05) is 85.9 Å². The molecule has 1 saturated heterocycles. The second-order valence-corrected chi connectivity index (χ2v) is 14.4. The van der Waals surface area contributed by atoms with Gasteiger partial charge in [-0.2, -0.15) is 0 Å². The fraction of sp³-hybridized carbons (Fsp3) is 0.421. The first-order valence-corrected chi connectivity index (χ1v) is 20.1. The largest absolute Gasteiger partial charge is 0.458 e. The van der Waals surface area contributed by atoms with Crippen molar-refractivity contribution in [1.82, 2.24) is 29.9 Å². The highest BCUT2D eigenvalue weighted by Gasteiger charge is 2.46. The van der Waals surface area contributed by atoms with Crippen LogP contribution in [0.4, 0.5) is 5.82 Å². The third kappa shape index (κ3) is 13.6. The molecule has 2 aromatic heterocycles. The third-order valence-corrected chi connectivity index (χ3v) is 9.93. The number of nitrogen functional groups attached to an aromatic ring is 1. The molecule has 0 bridgehead atoms. The van der Waals surface area contributed by atoms with Gasteiger partial charge in [-0.15, -0.1) is 0 Å². The average Bonchev–Trinajstić information content (AvgIpc) is 3.65. The molecule has 54 heavy (non-hydrogen) atoms. The number of aliphatic hydroxyl groups is 2. The Balaban J connectivity index is 1.17. The molecule has 1 amide bonds. The number of fused-ring (bicyclic) bond motifs is 1. The van der Waals surface area contributed by atoms with Gasteiger partial charge in [0.05, 0.1) is 6.61 Å². The Morgan fingerprint density at radius 2 is 1.61 bits per heavy atom. The van der Waals surface area contributed by atoms with Crippen molar-refractivity contribution < 1.29 is 33.4 Å². The number of hydrogen-bond acceptors (Lipinski definition) is 11. The molecule has 1 aliphatic rings. The number of para-hydroxylation sites is 1. The van der Waals surface area contributed by atoms with E-state index >= 15 is 0 Å². The number of rotatable bonds is 23. The lowest BCUT2D eigenvalue weighted by Crippen LogP contribution is -2.35. The topological polar surface area (TPSA) is 196 Å². The molecule has 4 rings (SSSR count). The van der Waals surface area contributed by atoms with Gasteiger partial charge in [-0.05, 0) is 68.7 Å². The number of nitrogens with one attached hydrogen (secondary N) is 2. The Kier molecular flexibility index (Phi) is 18.1. The normalized spacial score (nSPS) is 20.4. The van der Waals surface area contributed by atoms with Crippen LogP contribution in [0.25, 0.3) is 11.2 Å². The van der Waals surface area contributed by atoms with Crippen molar-refractivity contribution >= 4 is 42.2 Å². The fourth-order valence-corrected chi connectivity index (χ4v) is 6.93. The number of unbranched alkanes of at least 4 members (excludes halogenated alkanes) is 1. The van der Waals surface area contributed by atoms with E-state index in [1.807, 2.05) is 0 Å². The van der Waals surface area contributed by atoms with Crippen molar-refractivity contribution in [2.45, 2.75) is 82.8 Å². The molecule has 1 fully saturated rings. The van der Waals surface area contributed by atoms with E-state index in [4.69, 9.17) is 31.1 Å². The Labute approximate surface area is 321 Å². The third-order valence-electron chi connectivity index (χ3n) is 8.12. The molecule has 6 N–H and O–H groups in total. The van der Waals surface area contributed by atoms with Crippen molar-refractivity contribution in [3.63, 3.8) is 0 Å². The summed E-state index contributed by atoms with van der Waals surface area (Å²) < 4.78 is 32.4. The molecule has 1 aliphatic heterocycles. The number of aliphatic hydroxyl groups excluding tert-OH is 2. The SMILES string of the molecule is CCC=CCC=CCC=CCC=CCC=CCCCC(=O)NCCNP(=O)(OCC1OC(n2c(Cl)nc3c(N)ncnc32)C(O)C1O)Oc1ccccc1. The Morgan fingerprint density at radius 3 is 2.28 bits per heavy atom. The van der Waals surface area contributed by atoms with Gasteiger partial charge in [0.25, 0.3) is 0 Å². The summed E-state index contributed by atoms with van der Waals surface area (Å²) in [7, 11) is -4.07. The summed E-state index contributed by atoms with van der Waals surface area (Å²) in [6, 6.07) is 8.41. The Hall–Kier alpha value is -4.14. The number of aromatic nitrogens is 4. The zero-order valence-electron chi connectivity index (χ0n) is 30.5. The second-order valence-electron chi connectivity index (χ2n) is 12.3. The highest BCUT2D eigenvalue weighted by molar-refractivity contribution is 7.52. The maximum Gasteiger partial charge on any atom is 0.458 e. The maximum atomic E-state index is 13.8. The zero-order valence-corrected chi connectivity index (χ0v) is 32.1. The van der Waals surface area contributed by atoms with Crippen LogP contribution in [-0.2, 0) is 18.6 Å². The number of anilines is 1. The maximum absolute atomic E-state index is 13.8. The lowest BCUT2D eigenvalue weighted by atomic mass is 10.1. The van der Waals surface area contributed by atoms with Gasteiger partial charge in [0, 0.05) is 19.5 Å². The highest BCUT2D eigenvalue weighted by atomic mass is 35.5. The van der Waals surface area contributed by atoms with E-state index in [0.29, 0.717) is 12.8 Å². The van der Waals surface area contributed by atoms with Crippen LogP contribution in [-0.4, -0.2) is 73.6 Å². The zero-order chi connectivity index (χ0) is 38.6. The van der Waals surface area contributed by atoms with Crippen LogP contribution < -0.4 is 20.7 Å². The first-order chi connectivity index (χ1) is 26.2. The van der Waals surface area contributed by atoms with Crippen LogP contribution >= 0.6 is 19.3 Å². The van der Waals surface area contributed by atoms with Gasteiger partial charge in [0.1, 0.15) is 30.4 Å². The monoisotopic (exact) mass is 783 g/mol. The van der Waals surface area contributed by atoms with Crippen LogP contribution in [0.15, 0.2) is 97.4 Å². The molecule has 16 heteroatoms. The van der Waals surface area contributed by atoms with Crippen LogP contribution in [0, 0.1) is 0 Å². The predicted molar refractivity (Wildman–Crippen MR) is 211 cm³/mol. The van der Waals surface area contributed by atoms with E-state index in [2.05, 4.69) is 93.0 Å². The molecule has 0 saturated carbocycles. The molecular weight excluding hydrogens is 733 g/mol. The number of ether oxygens (including phenoxy) is 1. The number of benzene rings is 1. The van der Waals surface area contributed by atoms with Gasteiger partial charge >= 0.3 is 7.75 Å². The molecule has 0 radical (unpaired) electrons. The number of carbonyl (C=O) groups is 1. The van der Waals surface area contributed by atoms with Crippen molar-refractivity contribution in [3.05, 3.63) is 103 Å². The molecular formula is C38H51ClN7O7P. The molecule has 292 valence electrons. The average molecular weight is 784 g/mol. The van der Waals surface area contributed by atoms with E-state index < -0.39 is 38.9 Å². The molecule has 1 aromatic carbocycles. The van der Waals surface area contributed by atoms with Crippen molar-refractivity contribution in [2.75, 3.05) is 25.4 Å². The number of nitrogens with two attached hydrogens (primary N) is 1. The van der Waals surface area contributed by atoms with Gasteiger partial charge in [0.15, 0.2) is 23.2 Å². The van der Waals surface area contributed by atoms with Gasteiger partial charge in [-0.25, -0.2) is 24.6 Å². The number of hydrogen-bond donors (Lipinski definition) is 5. The number of halogens is 1. The van der Waals surface area contributed by atoms with Gasteiger partial charge < -0.3 is 30.5 Å². The van der Waals surface area contributed by atoms with Crippen molar-refractivity contribution in [2.24, 2.45) is 0 Å². The van der Waals surface area contributed by atoms with E-state index in [1.165, 1.54) is 10.9 Å². The molecule has 0 spiro atoms. The summed E-state index contributed by atoms with van der Waals surface area (Å²) >= 11 is 6.32. The molecule has 3 aromatic rings. The molecule has 5 unspecified atom stereocenters. The minimum atomic E-state index is -4.07. The molecule has 0 aliphatic carbocycles. The Morgan fingerprint density at radius 1 is 0.963 bits per heavy atom. The summed E-state index contributed by atoms with van der Waals surface area (Å²) in [4.78, 5) is 24.6. The first kappa shape index (κ1) is 42.6. The number of nitrogens with zero attached hydrogens (tertiary/aromatic N) is 4. The van der Waals surface area contributed by atoms with Crippen LogP contribution in [0.2, 0.25) is 5.28 Å². The lowest BCUT2D eigenvalue weighted by Gasteiger charge is -2.22. The van der Waals surface area contributed by atoms with Crippen LogP contribution in [0.1, 0.15) is 64.5 Å². The molecule has 3 heterocycles. The van der Waals surface area contributed by atoms with E-state index in [-0.39, 0.29) is 47.0 Å². The lowest BCUT2D eigenvalue weighted by molar-refractivity contribution is -0.121. The first-order valence-electron chi connectivity index (χ1n) is 18.1. The number of allylic oxidation sites excluding steroid dienone is 10. The quantitative estimate of drug-likeness (QED) is 0.0303. The van der Waals surface area contributed by atoms with Crippen LogP contribution in [0.5, 0.6) is 5.75 Å². The summed E-state index contributed by atoms with van der Waals surface area (Å²) in [5.74, 6) is 0.215. The minimum Gasteiger partial charge on any atom is -0.413 e. The van der Waals surface area contributed by atoms with Gasteiger partial charge in [0.2, 0.25) is 11.2 Å². The minimum absolute atomic E-state index is 0.0573. The summed E-state index contributed by atoms with van der Waals surface area (Å²) in [5, 5.41) is 27.2. The number of amides is 1. The van der Waals surface area contributed by atoms with Crippen molar-refractivity contribution in [1.29, 1.82) is 0 Å². The van der Waals surface area contributed by atoms with E-state index in [9.17, 15) is 19.6 Å². The van der Waals surface area contributed by atoms with Gasteiger partial charge in [-0.3, -0.25) is 13.9 Å². The summed E-state index contributed by atoms with van der Waals surface area (Å²) in [6.45, 7) is 1.91. The molecule has 5 atom stereocenters. The highest BCUT2D eigenvalue weighted by Crippen LogP contribution is 2.45. The van der Waals surface area contributed by atoms with Crippen molar-refractivity contribution in [3.8, 4) is 5.75 Å². The van der Waals surface area contributed by atoms with Crippen LogP contribution in [0.3, 0.4) is 0 Å².